The van der Waals surface area contributed by atoms with Crippen molar-refractivity contribution in [1.82, 2.24) is 0 Å². The minimum atomic E-state index is -0.556. The van der Waals surface area contributed by atoms with E-state index in [4.69, 9.17) is 0 Å². The van der Waals surface area contributed by atoms with E-state index in [0.717, 1.165) is 15.6 Å². The molecule has 1 atom stereocenters. The van der Waals surface area contributed by atoms with Gasteiger partial charge in [-0.05, 0) is 54.7 Å². The van der Waals surface area contributed by atoms with Gasteiger partial charge in [-0.1, -0.05) is 40.2 Å². The molecule has 2 aromatic rings. The Labute approximate surface area is 121 Å². The topological polar surface area (TPSA) is 20.2 Å². The van der Waals surface area contributed by atoms with Crippen molar-refractivity contribution in [1.29, 1.82) is 0 Å². The Morgan fingerprint density at radius 1 is 1.21 bits per heavy atom. The predicted molar refractivity (Wildman–Crippen MR) is 78.6 cm³/mol. The van der Waals surface area contributed by atoms with Crippen LogP contribution in [0.2, 0.25) is 0 Å². The molecule has 1 N–H and O–H groups in total. The van der Waals surface area contributed by atoms with Crippen LogP contribution in [0.15, 0.2) is 46.9 Å². The fourth-order valence-corrected chi connectivity index (χ4v) is 2.55. The molecule has 0 spiro atoms. The highest BCUT2D eigenvalue weighted by Crippen LogP contribution is 2.24. The zero-order chi connectivity index (χ0) is 13.8. The first kappa shape index (κ1) is 14.2. The second-order valence-electron chi connectivity index (χ2n) is 4.65. The molecular formula is C16H16BrFO. The Morgan fingerprint density at radius 2 is 1.95 bits per heavy atom. The quantitative estimate of drug-likeness (QED) is 0.874. The van der Waals surface area contributed by atoms with Gasteiger partial charge >= 0.3 is 0 Å². The number of hydrogen-bond donors (Lipinski definition) is 1. The summed E-state index contributed by atoms with van der Waals surface area (Å²) in [5.74, 6) is -0.222. The molecule has 3 heteroatoms. The van der Waals surface area contributed by atoms with Crippen LogP contribution in [0.5, 0.6) is 0 Å². The van der Waals surface area contributed by atoms with Crippen molar-refractivity contribution in [2.45, 2.75) is 25.9 Å². The highest BCUT2D eigenvalue weighted by atomic mass is 79.9. The average molecular weight is 323 g/mol. The minimum absolute atomic E-state index is 0.222. The molecule has 1 nitrogen and oxygen atoms in total. The molecule has 0 amide bonds. The Hall–Kier alpha value is -1.19. The van der Waals surface area contributed by atoms with Gasteiger partial charge < -0.3 is 5.11 Å². The fourth-order valence-electron chi connectivity index (χ4n) is 2.14. The van der Waals surface area contributed by atoms with Crippen LogP contribution in [0, 0.1) is 12.7 Å². The molecule has 100 valence electrons. The molecule has 0 fully saturated rings. The number of aliphatic hydroxyl groups is 1. The van der Waals surface area contributed by atoms with E-state index in [1.807, 2.05) is 31.2 Å². The zero-order valence-corrected chi connectivity index (χ0v) is 12.3. The highest BCUT2D eigenvalue weighted by molar-refractivity contribution is 9.10. The Morgan fingerprint density at radius 3 is 2.68 bits per heavy atom. The lowest BCUT2D eigenvalue weighted by Crippen LogP contribution is -2.02. The summed E-state index contributed by atoms with van der Waals surface area (Å²) in [6.07, 6.45) is 0.471. The molecule has 0 radical (unpaired) electrons. The summed E-state index contributed by atoms with van der Waals surface area (Å²) in [5.41, 5.74) is 2.60. The number of aliphatic hydroxyl groups excluding tert-OH is 1. The van der Waals surface area contributed by atoms with Crippen LogP contribution in [-0.2, 0) is 6.42 Å². The number of benzene rings is 2. The van der Waals surface area contributed by atoms with Crippen molar-refractivity contribution < 1.29 is 9.50 Å². The first-order chi connectivity index (χ1) is 9.08. The van der Waals surface area contributed by atoms with Gasteiger partial charge in [0.05, 0.1) is 6.10 Å². The summed E-state index contributed by atoms with van der Waals surface area (Å²) in [4.78, 5) is 0. The van der Waals surface area contributed by atoms with Crippen LogP contribution in [0.1, 0.15) is 29.2 Å². The number of hydrogen-bond acceptors (Lipinski definition) is 1. The van der Waals surface area contributed by atoms with Crippen LogP contribution in [0.4, 0.5) is 4.39 Å². The molecule has 0 bridgehead atoms. The maximum atomic E-state index is 13.6. The van der Waals surface area contributed by atoms with Gasteiger partial charge in [0.25, 0.3) is 0 Å². The molecule has 0 saturated heterocycles. The average Bonchev–Trinajstić information content (AvgIpc) is 2.40. The molecule has 2 rings (SSSR count). The van der Waals surface area contributed by atoms with Crippen molar-refractivity contribution in [3.63, 3.8) is 0 Å². The van der Waals surface area contributed by atoms with Crippen LogP contribution in [0.3, 0.4) is 0 Å². The van der Waals surface area contributed by atoms with E-state index >= 15 is 0 Å². The second kappa shape index (κ2) is 6.31. The van der Waals surface area contributed by atoms with Crippen LogP contribution in [0.25, 0.3) is 0 Å². The first-order valence-electron chi connectivity index (χ1n) is 6.25. The third kappa shape index (κ3) is 3.64. The van der Waals surface area contributed by atoms with Crippen LogP contribution < -0.4 is 0 Å². The predicted octanol–water partition coefficient (Wildman–Crippen LogP) is 4.56. The summed E-state index contributed by atoms with van der Waals surface area (Å²) in [7, 11) is 0. The molecule has 0 aliphatic rings. The maximum absolute atomic E-state index is 13.6. The SMILES string of the molecule is Cc1ccccc1C(O)CCc1cc(Br)ccc1F. The van der Waals surface area contributed by atoms with Gasteiger partial charge in [-0.15, -0.1) is 0 Å². The van der Waals surface area contributed by atoms with Gasteiger partial charge in [0.1, 0.15) is 5.82 Å². The lowest BCUT2D eigenvalue weighted by molar-refractivity contribution is 0.167. The number of rotatable bonds is 4. The van der Waals surface area contributed by atoms with Gasteiger partial charge in [-0.3, -0.25) is 0 Å². The lowest BCUT2D eigenvalue weighted by atomic mass is 9.98. The van der Waals surface area contributed by atoms with Crippen molar-refractivity contribution in [2.24, 2.45) is 0 Å². The van der Waals surface area contributed by atoms with E-state index in [1.54, 1.807) is 12.1 Å². The Kier molecular flexibility index (Phi) is 4.72. The van der Waals surface area contributed by atoms with Gasteiger partial charge in [0.15, 0.2) is 0 Å². The van der Waals surface area contributed by atoms with Crippen molar-refractivity contribution in [3.8, 4) is 0 Å². The largest absolute Gasteiger partial charge is 0.388 e. The van der Waals surface area contributed by atoms with E-state index in [0.29, 0.717) is 18.4 Å². The maximum Gasteiger partial charge on any atom is 0.126 e. The minimum Gasteiger partial charge on any atom is -0.388 e. The van der Waals surface area contributed by atoms with Crippen molar-refractivity contribution in [2.75, 3.05) is 0 Å². The fraction of sp³-hybridized carbons (Fsp3) is 0.250. The van der Waals surface area contributed by atoms with Crippen molar-refractivity contribution in [3.05, 3.63) is 69.4 Å². The van der Waals surface area contributed by atoms with Crippen molar-refractivity contribution >= 4 is 15.9 Å². The first-order valence-corrected chi connectivity index (χ1v) is 7.05. The molecule has 0 aliphatic carbocycles. The van der Waals surface area contributed by atoms with Gasteiger partial charge in [-0.25, -0.2) is 4.39 Å². The van der Waals surface area contributed by atoms with E-state index in [9.17, 15) is 9.50 Å². The molecule has 2 aromatic carbocycles. The molecular weight excluding hydrogens is 307 g/mol. The summed E-state index contributed by atoms with van der Waals surface area (Å²) in [6.45, 7) is 1.97. The summed E-state index contributed by atoms with van der Waals surface area (Å²) in [6, 6.07) is 12.6. The third-order valence-corrected chi connectivity index (χ3v) is 3.74. The Balaban J connectivity index is 2.06. The second-order valence-corrected chi connectivity index (χ2v) is 5.56. The zero-order valence-electron chi connectivity index (χ0n) is 10.7. The number of halogens is 2. The van der Waals surface area contributed by atoms with Crippen LogP contribution >= 0.6 is 15.9 Å². The molecule has 19 heavy (non-hydrogen) atoms. The van der Waals surface area contributed by atoms with Gasteiger partial charge in [0.2, 0.25) is 0 Å². The van der Waals surface area contributed by atoms with E-state index in [1.165, 1.54) is 6.07 Å². The highest BCUT2D eigenvalue weighted by Gasteiger charge is 2.11. The van der Waals surface area contributed by atoms with E-state index < -0.39 is 6.10 Å². The van der Waals surface area contributed by atoms with E-state index in [-0.39, 0.29) is 5.82 Å². The summed E-state index contributed by atoms with van der Waals surface area (Å²) >= 11 is 3.33. The summed E-state index contributed by atoms with van der Waals surface area (Å²) < 4.78 is 14.5. The van der Waals surface area contributed by atoms with Gasteiger partial charge in [-0.2, -0.15) is 0 Å². The summed E-state index contributed by atoms with van der Waals surface area (Å²) in [5, 5.41) is 10.2. The van der Waals surface area contributed by atoms with E-state index in [2.05, 4.69) is 15.9 Å². The molecule has 1 unspecified atom stereocenters. The van der Waals surface area contributed by atoms with Gasteiger partial charge in [0, 0.05) is 4.47 Å². The van der Waals surface area contributed by atoms with Crippen LogP contribution in [-0.4, -0.2) is 5.11 Å². The lowest BCUT2D eigenvalue weighted by Gasteiger charge is -2.14. The molecule has 0 aliphatic heterocycles. The number of aryl methyl sites for hydroxylation is 2. The normalized spacial score (nSPS) is 12.4. The standard InChI is InChI=1S/C16H16BrFO/c1-11-4-2-3-5-14(11)16(19)9-6-12-10-13(17)7-8-15(12)18/h2-5,7-8,10,16,19H,6,9H2,1H3. The Bertz CT molecular complexity index is 568. The third-order valence-electron chi connectivity index (χ3n) is 3.24. The molecule has 0 heterocycles. The smallest absolute Gasteiger partial charge is 0.126 e. The molecule has 0 saturated carbocycles. The molecule has 0 aromatic heterocycles. The monoisotopic (exact) mass is 322 g/mol.